The first-order chi connectivity index (χ1) is 9.68. The van der Waals surface area contributed by atoms with Crippen LogP contribution < -0.4 is 10.3 Å². The Hall–Kier alpha value is -1.23. The van der Waals surface area contributed by atoms with Crippen LogP contribution in [-0.2, 0) is 20.0 Å². The predicted molar refractivity (Wildman–Crippen MR) is 76.8 cm³/mol. The molecule has 2 rings (SSSR count). The van der Waals surface area contributed by atoms with Gasteiger partial charge in [-0.05, 0) is 18.9 Å². The predicted octanol–water partition coefficient (Wildman–Crippen LogP) is -0.923. The molecular weight excluding hydrogens is 318 g/mol. The molecule has 1 aliphatic rings. The lowest BCUT2D eigenvalue weighted by atomic mass is 10.1. The first-order valence-electron chi connectivity index (χ1n) is 6.35. The Kier molecular flexibility index (Phi) is 4.51. The summed E-state index contributed by atoms with van der Waals surface area (Å²) in [6.45, 7) is 0.579. The van der Waals surface area contributed by atoms with Crippen molar-refractivity contribution in [3.8, 4) is 0 Å². The lowest BCUT2D eigenvalue weighted by molar-refractivity contribution is 0.310. The van der Waals surface area contributed by atoms with Crippen molar-refractivity contribution in [3.63, 3.8) is 0 Å². The quantitative estimate of drug-likeness (QED) is 0.738. The second-order valence-corrected chi connectivity index (χ2v) is 8.64. The summed E-state index contributed by atoms with van der Waals surface area (Å²) in [5.74, 6) is 0. The highest BCUT2D eigenvalue weighted by atomic mass is 32.2. The molecule has 118 valence electrons. The molecule has 1 aliphatic heterocycles. The van der Waals surface area contributed by atoms with Gasteiger partial charge in [-0.25, -0.2) is 25.9 Å². The van der Waals surface area contributed by atoms with Crippen molar-refractivity contribution in [2.24, 2.45) is 0 Å². The molecule has 2 heterocycles. The lowest BCUT2D eigenvalue weighted by Gasteiger charge is -2.30. The summed E-state index contributed by atoms with van der Waals surface area (Å²) in [6.07, 6.45) is 3.10. The van der Waals surface area contributed by atoms with Crippen LogP contribution in [0.15, 0.2) is 28.0 Å². The summed E-state index contributed by atoms with van der Waals surface area (Å²) < 4.78 is 50.9. The highest BCUT2D eigenvalue weighted by Gasteiger charge is 2.28. The average molecular weight is 335 g/mol. The van der Waals surface area contributed by atoms with Crippen molar-refractivity contribution < 1.29 is 16.8 Å². The summed E-state index contributed by atoms with van der Waals surface area (Å²) in [4.78, 5) is 13.2. The van der Waals surface area contributed by atoms with Gasteiger partial charge >= 0.3 is 0 Å². The van der Waals surface area contributed by atoms with Crippen LogP contribution in [0.3, 0.4) is 0 Å². The van der Waals surface area contributed by atoms with Crippen LogP contribution in [0, 0.1) is 0 Å². The zero-order valence-corrected chi connectivity index (χ0v) is 13.1. The molecule has 1 aromatic rings. The SMILES string of the molecule is CS(=O)(=O)N1CCC(NS(=O)(=O)c2ccc(=O)[nH]c2)CC1. The van der Waals surface area contributed by atoms with Gasteiger partial charge in [-0.15, -0.1) is 0 Å². The topological polar surface area (TPSA) is 116 Å². The van der Waals surface area contributed by atoms with Gasteiger partial charge in [0.15, 0.2) is 0 Å². The van der Waals surface area contributed by atoms with Crippen molar-refractivity contribution in [3.05, 3.63) is 28.7 Å². The Balaban J connectivity index is 2.03. The molecule has 1 saturated heterocycles. The second kappa shape index (κ2) is 5.87. The largest absolute Gasteiger partial charge is 0.328 e. The van der Waals surface area contributed by atoms with Crippen LogP contribution in [0.2, 0.25) is 0 Å². The Labute approximate surface area is 123 Å². The molecule has 0 aromatic carbocycles. The molecule has 1 aromatic heterocycles. The van der Waals surface area contributed by atoms with E-state index in [4.69, 9.17) is 0 Å². The molecule has 1 fully saturated rings. The van der Waals surface area contributed by atoms with E-state index in [1.54, 1.807) is 0 Å². The fourth-order valence-electron chi connectivity index (χ4n) is 2.16. The summed E-state index contributed by atoms with van der Waals surface area (Å²) in [5, 5.41) is 0. The van der Waals surface area contributed by atoms with E-state index in [0.29, 0.717) is 12.8 Å². The molecule has 0 aliphatic carbocycles. The Bertz CT molecular complexity index is 741. The third-order valence-electron chi connectivity index (χ3n) is 3.31. The van der Waals surface area contributed by atoms with Gasteiger partial charge in [0.05, 0.1) is 11.2 Å². The van der Waals surface area contributed by atoms with E-state index in [2.05, 4.69) is 9.71 Å². The van der Waals surface area contributed by atoms with Crippen molar-refractivity contribution in [1.29, 1.82) is 0 Å². The maximum atomic E-state index is 12.1. The zero-order chi connectivity index (χ0) is 15.7. The van der Waals surface area contributed by atoms with Gasteiger partial charge in [0, 0.05) is 31.4 Å². The van der Waals surface area contributed by atoms with Crippen molar-refractivity contribution in [2.45, 2.75) is 23.8 Å². The number of piperidine rings is 1. The van der Waals surface area contributed by atoms with Gasteiger partial charge in [0.1, 0.15) is 0 Å². The minimum Gasteiger partial charge on any atom is -0.328 e. The van der Waals surface area contributed by atoms with E-state index in [1.165, 1.54) is 10.4 Å². The molecular formula is C11H17N3O5S2. The molecule has 0 bridgehead atoms. The first-order valence-corrected chi connectivity index (χ1v) is 9.68. The number of pyridine rings is 1. The summed E-state index contributed by atoms with van der Waals surface area (Å²) in [6, 6.07) is 2.05. The highest BCUT2D eigenvalue weighted by Crippen LogP contribution is 2.15. The minimum absolute atomic E-state index is 0.0207. The van der Waals surface area contributed by atoms with Crippen LogP contribution in [0.4, 0.5) is 0 Å². The molecule has 10 heteroatoms. The fourth-order valence-corrected chi connectivity index (χ4v) is 4.30. The molecule has 2 N–H and O–H groups in total. The number of hydrogen-bond acceptors (Lipinski definition) is 5. The average Bonchev–Trinajstić information content (AvgIpc) is 2.38. The fraction of sp³-hybridized carbons (Fsp3) is 0.545. The summed E-state index contributed by atoms with van der Waals surface area (Å²) in [5.41, 5.74) is -0.379. The van der Waals surface area contributed by atoms with Crippen molar-refractivity contribution >= 4 is 20.0 Å². The molecule has 0 unspecified atom stereocenters. The van der Waals surface area contributed by atoms with E-state index in [9.17, 15) is 21.6 Å². The van der Waals surface area contributed by atoms with E-state index in [1.807, 2.05) is 0 Å². The van der Waals surface area contributed by atoms with Crippen LogP contribution in [0.25, 0.3) is 0 Å². The monoisotopic (exact) mass is 335 g/mol. The summed E-state index contributed by atoms with van der Waals surface area (Å²) in [7, 11) is -6.95. The van der Waals surface area contributed by atoms with Gasteiger partial charge < -0.3 is 4.98 Å². The third-order valence-corrected chi connectivity index (χ3v) is 6.13. The van der Waals surface area contributed by atoms with Crippen LogP contribution >= 0.6 is 0 Å². The van der Waals surface area contributed by atoms with E-state index < -0.39 is 20.0 Å². The van der Waals surface area contributed by atoms with Gasteiger partial charge in [-0.1, -0.05) is 0 Å². The first kappa shape index (κ1) is 16.1. The van der Waals surface area contributed by atoms with Crippen LogP contribution in [0.1, 0.15) is 12.8 Å². The number of sulfonamides is 2. The smallest absolute Gasteiger partial charge is 0.247 e. The number of nitrogens with zero attached hydrogens (tertiary/aromatic N) is 1. The van der Waals surface area contributed by atoms with E-state index in [0.717, 1.165) is 18.5 Å². The number of rotatable bonds is 4. The van der Waals surface area contributed by atoms with E-state index in [-0.39, 0.29) is 29.6 Å². The maximum Gasteiger partial charge on any atom is 0.247 e. The van der Waals surface area contributed by atoms with Gasteiger partial charge in [-0.3, -0.25) is 4.79 Å². The molecule has 0 saturated carbocycles. The van der Waals surface area contributed by atoms with Gasteiger partial charge in [0.2, 0.25) is 25.6 Å². The lowest BCUT2D eigenvalue weighted by Crippen LogP contribution is -2.46. The number of hydrogen-bond donors (Lipinski definition) is 2. The molecule has 0 atom stereocenters. The number of nitrogens with one attached hydrogen (secondary N) is 2. The zero-order valence-electron chi connectivity index (χ0n) is 11.4. The molecule has 21 heavy (non-hydrogen) atoms. The number of H-pyrrole nitrogens is 1. The highest BCUT2D eigenvalue weighted by molar-refractivity contribution is 7.89. The summed E-state index contributed by atoms with van der Waals surface area (Å²) >= 11 is 0. The standard InChI is InChI=1S/C11H17N3O5S2/c1-20(16,17)14-6-4-9(5-7-14)13-21(18,19)10-2-3-11(15)12-8-10/h2-3,8-9,13H,4-7H2,1H3,(H,12,15). The molecule has 0 spiro atoms. The van der Waals surface area contributed by atoms with Crippen LogP contribution in [0.5, 0.6) is 0 Å². The minimum atomic E-state index is -3.72. The van der Waals surface area contributed by atoms with Gasteiger partial charge in [-0.2, -0.15) is 0 Å². The van der Waals surface area contributed by atoms with Gasteiger partial charge in [0.25, 0.3) is 0 Å². The van der Waals surface area contributed by atoms with Crippen molar-refractivity contribution in [1.82, 2.24) is 14.0 Å². The molecule has 0 amide bonds. The Morgan fingerprint density at radius 1 is 1.19 bits per heavy atom. The third kappa shape index (κ3) is 4.13. The molecule has 8 nitrogen and oxygen atoms in total. The number of aromatic amines is 1. The Morgan fingerprint density at radius 3 is 2.29 bits per heavy atom. The second-order valence-electron chi connectivity index (χ2n) is 4.95. The molecule has 0 radical (unpaired) electrons. The number of aromatic nitrogens is 1. The Morgan fingerprint density at radius 2 is 1.81 bits per heavy atom. The normalized spacial score (nSPS) is 18.7. The van der Waals surface area contributed by atoms with Crippen molar-refractivity contribution in [2.75, 3.05) is 19.3 Å². The maximum absolute atomic E-state index is 12.1. The van der Waals surface area contributed by atoms with Crippen LogP contribution in [-0.4, -0.2) is 51.5 Å². The van der Waals surface area contributed by atoms with E-state index >= 15 is 0 Å².